The van der Waals surface area contributed by atoms with Crippen molar-refractivity contribution < 1.29 is 4.39 Å². The van der Waals surface area contributed by atoms with E-state index in [1.807, 2.05) is 26.0 Å². The zero-order valence-corrected chi connectivity index (χ0v) is 8.68. The van der Waals surface area contributed by atoms with Crippen LogP contribution in [0.1, 0.15) is 24.5 Å². The van der Waals surface area contributed by atoms with Crippen LogP contribution in [0.4, 0.5) is 4.39 Å². The van der Waals surface area contributed by atoms with E-state index in [-0.39, 0.29) is 5.82 Å². The lowest BCUT2D eigenvalue weighted by molar-refractivity contribution is 0.626. The lowest BCUT2D eigenvalue weighted by atomic mass is 10.0. The fraction of sp³-hybridized carbons (Fsp3) is 0.333. The Morgan fingerprint density at radius 2 is 2.14 bits per heavy atom. The van der Waals surface area contributed by atoms with Crippen LogP contribution >= 0.6 is 0 Å². The van der Waals surface area contributed by atoms with Gasteiger partial charge in [-0.15, -0.1) is 0 Å². The molecule has 0 radical (unpaired) electrons. The van der Waals surface area contributed by atoms with Crippen molar-refractivity contribution in [1.82, 2.24) is 0 Å². The fourth-order valence-electron chi connectivity index (χ4n) is 1.38. The highest BCUT2D eigenvalue weighted by Crippen LogP contribution is 2.17. The summed E-state index contributed by atoms with van der Waals surface area (Å²) in [7, 11) is 0. The van der Waals surface area contributed by atoms with E-state index in [0.717, 1.165) is 23.1 Å². The predicted octanol–water partition coefficient (Wildman–Crippen LogP) is 2.89. The third kappa shape index (κ3) is 2.96. The molecule has 0 spiro atoms. The third-order valence-electron chi connectivity index (χ3n) is 2.11. The molecule has 0 aliphatic rings. The number of allylic oxidation sites excluding steroid dienone is 1. The van der Waals surface area contributed by atoms with Gasteiger partial charge in [0.05, 0.1) is 0 Å². The third-order valence-corrected chi connectivity index (χ3v) is 2.11. The van der Waals surface area contributed by atoms with E-state index in [0.29, 0.717) is 6.54 Å². The molecular formula is C12H16FN. The van der Waals surface area contributed by atoms with Gasteiger partial charge in [0.2, 0.25) is 0 Å². The van der Waals surface area contributed by atoms with E-state index in [9.17, 15) is 4.39 Å². The molecule has 0 heterocycles. The Bertz CT molecular complexity index is 322. The Morgan fingerprint density at radius 3 is 2.71 bits per heavy atom. The van der Waals surface area contributed by atoms with E-state index in [1.54, 1.807) is 6.07 Å². The van der Waals surface area contributed by atoms with Crippen LogP contribution in [0.25, 0.3) is 5.57 Å². The summed E-state index contributed by atoms with van der Waals surface area (Å²) in [6.07, 6.45) is 2.87. The molecule has 1 aromatic rings. The van der Waals surface area contributed by atoms with E-state index < -0.39 is 0 Å². The van der Waals surface area contributed by atoms with Gasteiger partial charge in [-0.1, -0.05) is 12.1 Å². The highest BCUT2D eigenvalue weighted by atomic mass is 19.1. The normalized spacial score (nSPS) is 11.9. The molecule has 1 rings (SSSR count). The van der Waals surface area contributed by atoms with Gasteiger partial charge in [0.25, 0.3) is 0 Å². The molecule has 14 heavy (non-hydrogen) atoms. The summed E-state index contributed by atoms with van der Waals surface area (Å²) in [5.41, 5.74) is 8.36. The fourth-order valence-corrected chi connectivity index (χ4v) is 1.38. The maximum absolute atomic E-state index is 13.1. The van der Waals surface area contributed by atoms with Crippen molar-refractivity contribution in [2.75, 3.05) is 6.54 Å². The summed E-state index contributed by atoms with van der Waals surface area (Å²) in [4.78, 5) is 0. The molecule has 0 saturated carbocycles. The molecule has 0 bridgehead atoms. The molecule has 0 unspecified atom stereocenters. The number of aryl methyl sites for hydroxylation is 1. The smallest absolute Gasteiger partial charge is 0.124 e. The first-order valence-electron chi connectivity index (χ1n) is 4.78. The Balaban J connectivity index is 2.95. The van der Waals surface area contributed by atoms with Crippen LogP contribution in [0.2, 0.25) is 0 Å². The van der Waals surface area contributed by atoms with Crippen LogP contribution < -0.4 is 5.73 Å². The second-order valence-electron chi connectivity index (χ2n) is 3.48. The number of hydrogen-bond donors (Lipinski definition) is 1. The van der Waals surface area contributed by atoms with Gasteiger partial charge in [0.15, 0.2) is 0 Å². The van der Waals surface area contributed by atoms with Gasteiger partial charge in [0.1, 0.15) is 5.82 Å². The van der Waals surface area contributed by atoms with Crippen molar-refractivity contribution in [1.29, 1.82) is 0 Å². The van der Waals surface area contributed by atoms with Crippen molar-refractivity contribution in [3.8, 4) is 0 Å². The maximum atomic E-state index is 13.1. The summed E-state index contributed by atoms with van der Waals surface area (Å²) in [6.45, 7) is 4.50. The number of hydrogen-bond acceptors (Lipinski definition) is 1. The molecule has 0 fully saturated rings. The Hall–Kier alpha value is -1.15. The van der Waals surface area contributed by atoms with Crippen LogP contribution in [0.3, 0.4) is 0 Å². The van der Waals surface area contributed by atoms with Gasteiger partial charge in [-0.05, 0) is 55.6 Å². The van der Waals surface area contributed by atoms with E-state index in [2.05, 4.69) is 0 Å². The minimum absolute atomic E-state index is 0.180. The van der Waals surface area contributed by atoms with Crippen molar-refractivity contribution in [3.63, 3.8) is 0 Å². The molecule has 0 aromatic heterocycles. The first-order chi connectivity index (χ1) is 6.63. The zero-order valence-electron chi connectivity index (χ0n) is 8.68. The van der Waals surface area contributed by atoms with Crippen LogP contribution in [-0.2, 0) is 0 Å². The second kappa shape index (κ2) is 4.91. The van der Waals surface area contributed by atoms with Crippen molar-refractivity contribution in [3.05, 3.63) is 41.2 Å². The van der Waals surface area contributed by atoms with Gasteiger partial charge in [0, 0.05) is 0 Å². The van der Waals surface area contributed by atoms with Gasteiger partial charge in [-0.25, -0.2) is 4.39 Å². The summed E-state index contributed by atoms with van der Waals surface area (Å²) >= 11 is 0. The summed E-state index contributed by atoms with van der Waals surface area (Å²) in [5, 5.41) is 0. The zero-order chi connectivity index (χ0) is 10.6. The predicted molar refractivity (Wildman–Crippen MR) is 58.5 cm³/mol. The first kappa shape index (κ1) is 10.9. The van der Waals surface area contributed by atoms with Crippen LogP contribution in [-0.4, -0.2) is 6.54 Å². The van der Waals surface area contributed by atoms with E-state index >= 15 is 0 Å². The monoisotopic (exact) mass is 193 g/mol. The number of nitrogens with two attached hydrogens (primary N) is 1. The summed E-state index contributed by atoms with van der Waals surface area (Å²) in [5.74, 6) is -0.180. The number of rotatable bonds is 3. The molecule has 1 aromatic carbocycles. The van der Waals surface area contributed by atoms with Crippen molar-refractivity contribution in [2.45, 2.75) is 20.3 Å². The highest BCUT2D eigenvalue weighted by Gasteiger charge is 1.99. The summed E-state index contributed by atoms with van der Waals surface area (Å²) < 4.78 is 13.1. The second-order valence-corrected chi connectivity index (χ2v) is 3.48. The molecule has 0 aliphatic heterocycles. The van der Waals surface area contributed by atoms with Crippen LogP contribution in [0.15, 0.2) is 24.3 Å². The SMILES string of the molecule is C/C(=C/CCN)c1cc(C)cc(F)c1. The van der Waals surface area contributed by atoms with Crippen LogP contribution in [0, 0.1) is 12.7 Å². The molecule has 0 saturated heterocycles. The first-order valence-corrected chi connectivity index (χ1v) is 4.78. The van der Waals surface area contributed by atoms with Crippen molar-refractivity contribution >= 4 is 5.57 Å². The molecule has 0 amide bonds. The lowest BCUT2D eigenvalue weighted by Gasteiger charge is -2.03. The molecule has 2 heteroatoms. The van der Waals surface area contributed by atoms with Gasteiger partial charge in [-0.2, -0.15) is 0 Å². The minimum Gasteiger partial charge on any atom is -0.330 e. The standard InChI is InChI=1S/C12H16FN/c1-9-6-11(8-12(13)7-9)10(2)4-3-5-14/h4,6-8H,3,5,14H2,1-2H3/b10-4-. The molecule has 0 aliphatic carbocycles. The average Bonchev–Trinajstić information content (AvgIpc) is 2.12. The molecule has 2 N–H and O–H groups in total. The van der Waals surface area contributed by atoms with Gasteiger partial charge < -0.3 is 5.73 Å². The number of halogens is 1. The number of benzene rings is 1. The topological polar surface area (TPSA) is 26.0 Å². The Kier molecular flexibility index (Phi) is 3.84. The Labute approximate surface area is 84.4 Å². The molecular weight excluding hydrogens is 177 g/mol. The maximum Gasteiger partial charge on any atom is 0.124 e. The Morgan fingerprint density at radius 1 is 1.43 bits per heavy atom. The van der Waals surface area contributed by atoms with E-state index in [1.165, 1.54) is 6.07 Å². The molecule has 0 atom stereocenters. The largest absolute Gasteiger partial charge is 0.330 e. The van der Waals surface area contributed by atoms with Gasteiger partial charge >= 0.3 is 0 Å². The van der Waals surface area contributed by atoms with Gasteiger partial charge in [-0.3, -0.25) is 0 Å². The highest BCUT2D eigenvalue weighted by molar-refractivity contribution is 5.64. The molecule has 76 valence electrons. The van der Waals surface area contributed by atoms with E-state index in [4.69, 9.17) is 5.73 Å². The lowest BCUT2D eigenvalue weighted by Crippen LogP contribution is -1.96. The minimum atomic E-state index is -0.180. The molecule has 1 nitrogen and oxygen atoms in total. The van der Waals surface area contributed by atoms with Crippen LogP contribution in [0.5, 0.6) is 0 Å². The average molecular weight is 193 g/mol. The summed E-state index contributed by atoms with van der Waals surface area (Å²) in [6, 6.07) is 5.06. The van der Waals surface area contributed by atoms with Crippen molar-refractivity contribution in [2.24, 2.45) is 5.73 Å². The quantitative estimate of drug-likeness (QED) is 0.784.